The predicted octanol–water partition coefficient (Wildman–Crippen LogP) is 4.37. The second kappa shape index (κ2) is 13.5. The molecule has 0 heterocycles. The summed E-state index contributed by atoms with van der Waals surface area (Å²) in [6.45, 7) is 4.12. The van der Waals surface area contributed by atoms with Crippen molar-refractivity contribution in [3.05, 3.63) is 64.4 Å². The van der Waals surface area contributed by atoms with E-state index < -0.39 is 16.1 Å². The predicted molar refractivity (Wildman–Crippen MR) is 138 cm³/mol. The maximum atomic E-state index is 13.8. The summed E-state index contributed by atoms with van der Waals surface area (Å²) in [5.41, 5.74) is 1.11. The molecule has 0 fully saturated rings. The normalized spacial score (nSPS) is 13.2. The van der Waals surface area contributed by atoms with Crippen molar-refractivity contribution >= 4 is 27.9 Å². The van der Waals surface area contributed by atoms with Gasteiger partial charge in [-0.05, 0) is 81.3 Å². The number of benzene rings is 2. The summed E-state index contributed by atoms with van der Waals surface area (Å²) in [5.74, 6) is -0.203. The number of carbonyl (C=O) groups excluding carboxylic acids is 1. The van der Waals surface area contributed by atoms with Crippen molar-refractivity contribution in [1.82, 2.24) is 9.62 Å². The molecule has 2 N–H and O–H groups in total. The Labute approximate surface area is 213 Å². The highest BCUT2D eigenvalue weighted by molar-refractivity contribution is 7.89. The number of β-amino-alcohol motifs (C(OH)–C–C–N with tert-alkyl or cyclic N) is 1. The van der Waals surface area contributed by atoms with Crippen LogP contribution in [0, 0.1) is 5.82 Å². The SMILES string of the molecule is CN(C[C@H](O)CNC(C)(C)CCCc1ccccc1F)S(=O)(=O)c1cc(Cl)cc(CCCC=O)c1. The summed E-state index contributed by atoms with van der Waals surface area (Å²) in [6, 6.07) is 11.4. The van der Waals surface area contributed by atoms with Crippen LogP contribution in [-0.4, -0.2) is 55.9 Å². The van der Waals surface area contributed by atoms with Crippen LogP contribution < -0.4 is 5.32 Å². The van der Waals surface area contributed by atoms with E-state index in [9.17, 15) is 22.7 Å². The molecule has 1 atom stereocenters. The zero-order chi connectivity index (χ0) is 26.1. The fourth-order valence-electron chi connectivity index (χ4n) is 3.85. The first kappa shape index (κ1) is 29.4. The van der Waals surface area contributed by atoms with Crippen LogP contribution in [0.3, 0.4) is 0 Å². The molecule has 0 aliphatic carbocycles. The average Bonchev–Trinajstić information content (AvgIpc) is 2.79. The zero-order valence-electron chi connectivity index (χ0n) is 20.6. The molecule has 0 radical (unpaired) electrons. The number of aliphatic hydroxyl groups excluding tert-OH is 1. The topological polar surface area (TPSA) is 86.7 Å². The van der Waals surface area contributed by atoms with Crippen LogP contribution in [0.4, 0.5) is 4.39 Å². The number of nitrogens with zero attached hydrogens (tertiary/aromatic N) is 1. The summed E-state index contributed by atoms with van der Waals surface area (Å²) in [4.78, 5) is 10.6. The Hall–Kier alpha value is -1.84. The number of aliphatic hydroxyl groups is 1. The molecule has 2 aromatic rings. The summed E-state index contributed by atoms with van der Waals surface area (Å²) in [7, 11) is -2.43. The van der Waals surface area contributed by atoms with Gasteiger partial charge in [-0.2, -0.15) is 4.31 Å². The smallest absolute Gasteiger partial charge is 0.242 e. The van der Waals surface area contributed by atoms with Crippen LogP contribution >= 0.6 is 11.6 Å². The largest absolute Gasteiger partial charge is 0.390 e. The molecular weight excluding hydrogens is 491 g/mol. The van der Waals surface area contributed by atoms with Gasteiger partial charge in [0.05, 0.1) is 11.0 Å². The van der Waals surface area contributed by atoms with Gasteiger partial charge in [-0.1, -0.05) is 29.8 Å². The maximum Gasteiger partial charge on any atom is 0.242 e. The minimum absolute atomic E-state index is 0.0576. The highest BCUT2D eigenvalue weighted by Gasteiger charge is 2.25. The summed E-state index contributed by atoms with van der Waals surface area (Å²) in [6.07, 6.45) is 3.62. The van der Waals surface area contributed by atoms with E-state index in [2.05, 4.69) is 5.32 Å². The van der Waals surface area contributed by atoms with Gasteiger partial charge in [0.1, 0.15) is 12.1 Å². The van der Waals surface area contributed by atoms with E-state index in [1.165, 1.54) is 19.2 Å². The Morgan fingerprint density at radius 2 is 1.89 bits per heavy atom. The number of aryl methyl sites for hydroxylation is 2. The van der Waals surface area contributed by atoms with Crippen LogP contribution in [0.2, 0.25) is 5.02 Å². The molecule has 0 aliphatic heterocycles. The lowest BCUT2D eigenvalue weighted by Gasteiger charge is -2.29. The van der Waals surface area contributed by atoms with Crippen molar-refractivity contribution in [2.75, 3.05) is 20.1 Å². The van der Waals surface area contributed by atoms with E-state index in [0.717, 1.165) is 29.0 Å². The molecule has 0 bridgehead atoms. The number of nitrogens with one attached hydrogen (secondary N) is 1. The molecule has 0 aliphatic rings. The maximum absolute atomic E-state index is 13.8. The molecule has 194 valence electrons. The Bertz CT molecular complexity index is 1080. The lowest BCUT2D eigenvalue weighted by molar-refractivity contribution is -0.107. The zero-order valence-corrected chi connectivity index (χ0v) is 22.2. The number of rotatable bonds is 15. The number of halogens is 2. The monoisotopic (exact) mass is 526 g/mol. The Morgan fingerprint density at radius 3 is 2.57 bits per heavy atom. The average molecular weight is 527 g/mol. The number of hydrogen-bond donors (Lipinski definition) is 2. The van der Waals surface area contributed by atoms with Gasteiger partial charge in [-0.3, -0.25) is 0 Å². The van der Waals surface area contributed by atoms with E-state index in [-0.39, 0.29) is 29.3 Å². The van der Waals surface area contributed by atoms with Gasteiger partial charge in [0.25, 0.3) is 0 Å². The molecule has 35 heavy (non-hydrogen) atoms. The fraction of sp³-hybridized carbons (Fsp3) is 0.500. The Morgan fingerprint density at radius 1 is 1.17 bits per heavy atom. The molecule has 0 aromatic heterocycles. The number of hydrogen-bond acceptors (Lipinski definition) is 5. The standard InChI is InChI=1S/C26H36ClFN2O4S/c1-26(2,13-8-11-21-10-4-5-12-25(21)28)29-18-23(32)19-30(3)35(33,34)24-16-20(9-6-7-14-31)15-22(27)17-24/h4-5,10,12,14-17,23,29,32H,6-9,11,13,18-19H2,1-3H3/t23-/m1/s1. The van der Waals surface area contributed by atoms with Crippen molar-refractivity contribution in [3.63, 3.8) is 0 Å². The molecular formula is C26H36ClFN2O4S. The summed E-state index contributed by atoms with van der Waals surface area (Å²) < 4.78 is 41.0. The second-order valence-corrected chi connectivity index (χ2v) is 12.0. The lowest BCUT2D eigenvalue weighted by Crippen LogP contribution is -2.46. The number of carbonyl (C=O) groups is 1. The minimum atomic E-state index is -3.86. The van der Waals surface area contributed by atoms with E-state index in [0.29, 0.717) is 36.3 Å². The molecule has 0 saturated carbocycles. The third-order valence-corrected chi connectivity index (χ3v) is 7.94. The number of sulfonamides is 1. The van der Waals surface area contributed by atoms with Crippen molar-refractivity contribution < 1.29 is 22.7 Å². The number of unbranched alkanes of at least 4 members (excludes halogenated alkanes) is 1. The van der Waals surface area contributed by atoms with Crippen molar-refractivity contribution in [2.24, 2.45) is 0 Å². The van der Waals surface area contributed by atoms with E-state index >= 15 is 0 Å². The van der Waals surface area contributed by atoms with Crippen molar-refractivity contribution in [3.8, 4) is 0 Å². The minimum Gasteiger partial charge on any atom is -0.390 e. The Balaban J connectivity index is 1.89. The van der Waals surface area contributed by atoms with E-state index in [1.807, 2.05) is 19.9 Å². The molecule has 2 aromatic carbocycles. The van der Waals surface area contributed by atoms with E-state index in [1.54, 1.807) is 24.3 Å². The highest BCUT2D eigenvalue weighted by atomic mass is 35.5. The van der Waals surface area contributed by atoms with Gasteiger partial charge >= 0.3 is 0 Å². The van der Waals surface area contributed by atoms with Crippen molar-refractivity contribution in [1.29, 1.82) is 0 Å². The third kappa shape index (κ3) is 9.61. The molecule has 0 amide bonds. The Kier molecular flexibility index (Phi) is 11.3. The molecule has 6 nitrogen and oxygen atoms in total. The number of likely N-dealkylation sites (N-methyl/N-ethyl adjacent to an activating group) is 1. The number of aldehydes is 1. The first-order valence-electron chi connectivity index (χ1n) is 11.8. The first-order chi connectivity index (χ1) is 16.4. The van der Waals surface area contributed by atoms with Gasteiger partial charge < -0.3 is 15.2 Å². The van der Waals surface area contributed by atoms with Crippen LogP contribution in [0.15, 0.2) is 47.4 Å². The summed E-state index contributed by atoms with van der Waals surface area (Å²) >= 11 is 6.14. The van der Waals surface area contributed by atoms with Gasteiger partial charge in [0, 0.05) is 37.1 Å². The highest BCUT2D eigenvalue weighted by Crippen LogP contribution is 2.23. The van der Waals surface area contributed by atoms with E-state index in [4.69, 9.17) is 11.6 Å². The fourth-order valence-corrected chi connectivity index (χ4v) is 5.47. The van der Waals surface area contributed by atoms with Crippen LogP contribution in [0.5, 0.6) is 0 Å². The molecule has 2 rings (SSSR count). The van der Waals surface area contributed by atoms with Gasteiger partial charge in [-0.25, -0.2) is 12.8 Å². The van der Waals surface area contributed by atoms with Crippen LogP contribution in [-0.2, 0) is 27.7 Å². The van der Waals surface area contributed by atoms with Crippen LogP contribution in [0.25, 0.3) is 0 Å². The van der Waals surface area contributed by atoms with Crippen molar-refractivity contribution in [2.45, 2.75) is 68.9 Å². The molecule has 0 saturated heterocycles. The third-order valence-electron chi connectivity index (χ3n) is 5.92. The summed E-state index contributed by atoms with van der Waals surface area (Å²) in [5, 5.41) is 14.1. The molecule has 0 spiro atoms. The quantitative estimate of drug-likeness (QED) is 0.266. The molecule has 0 unspecified atom stereocenters. The lowest BCUT2D eigenvalue weighted by atomic mass is 9.95. The van der Waals surface area contributed by atoms with Gasteiger partial charge in [0.2, 0.25) is 10.0 Å². The van der Waals surface area contributed by atoms with Gasteiger partial charge in [-0.15, -0.1) is 0 Å². The van der Waals surface area contributed by atoms with Crippen LogP contribution in [0.1, 0.15) is 50.7 Å². The first-order valence-corrected chi connectivity index (χ1v) is 13.6. The van der Waals surface area contributed by atoms with Gasteiger partial charge in [0.15, 0.2) is 0 Å². The second-order valence-electron chi connectivity index (χ2n) is 9.50. The molecule has 9 heteroatoms.